The van der Waals surface area contributed by atoms with E-state index in [0.717, 1.165) is 27.9 Å². The molecule has 0 radical (unpaired) electrons. The number of furan rings is 1. The average Bonchev–Trinajstić information content (AvgIpc) is 2.98. The van der Waals surface area contributed by atoms with Crippen molar-refractivity contribution in [1.82, 2.24) is 0 Å². The monoisotopic (exact) mass is 309 g/mol. The zero-order valence-corrected chi connectivity index (χ0v) is 12.5. The van der Waals surface area contributed by atoms with Gasteiger partial charge in [-0.25, -0.2) is 4.79 Å². The first-order valence-electron chi connectivity index (χ1n) is 7.11. The fourth-order valence-corrected chi connectivity index (χ4v) is 2.24. The van der Waals surface area contributed by atoms with E-state index in [0.29, 0.717) is 5.71 Å². The van der Waals surface area contributed by atoms with Crippen LogP contribution in [0.25, 0.3) is 22.3 Å². The van der Waals surface area contributed by atoms with Crippen molar-refractivity contribution >= 4 is 22.7 Å². The van der Waals surface area contributed by atoms with Crippen LogP contribution in [0, 0.1) is 0 Å². The van der Waals surface area contributed by atoms with Crippen molar-refractivity contribution in [3.63, 3.8) is 0 Å². The van der Waals surface area contributed by atoms with Gasteiger partial charge in [0.25, 0.3) is 0 Å². The van der Waals surface area contributed by atoms with Gasteiger partial charge in [0, 0.05) is 10.9 Å². The third-order valence-corrected chi connectivity index (χ3v) is 3.40. The minimum atomic E-state index is -1.05. The molecule has 0 aliphatic heterocycles. The van der Waals surface area contributed by atoms with E-state index >= 15 is 0 Å². The van der Waals surface area contributed by atoms with E-state index in [9.17, 15) is 4.79 Å². The van der Waals surface area contributed by atoms with Crippen LogP contribution in [-0.4, -0.2) is 23.4 Å². The fraction of sp³-hybridized carbons (Fsp3) is 0.111. The number of para-hydroxylation sites is 1. The van der Waals surface area contributed by atoms with E-state index in [-0.39, 0.29) is 0 Å². The summed E-state index contributed by atoms with van der Waals surface area (Å²) < 4.78 is 5.83. The fourth-order valence-electron chi connectivity index (χ4n) is 2.24. The van der Waals surface area contributed by atoms with Gasteiger partial charge in [0.05, 0.1) is 5.71 Å². The molecule has 1 N–H and O–H groups in total. The minimum Gasteiger partial charge on any atom is -0.479 e. The first kappa shape index (κ1) is 14.8. The number of oxime groups is 1. The molecule has 0 fully saturated rings. The van der Waals surface area contributed by atoms with Gasteiger partial charge in [-0.2, -0.15) is 0 Å². The second-order valence-electron chi connectivity index (χ2n) is 5.07. The highest BCUT2D eigenvalue weighted by atomic mass is 16.6. The summed E-state index contributed by atoms with van der Waals surface area (Å²) in [4.78, 5) is 15.1. The largest absolute Gasteiger partial charge is 0.479 e. The van der Waals surface area contributed by atoms with Gasteiger partial charge in [0.1, 0.15) is 11.3 Å². The third kappa shape index (κ3) is 3.40. The molecule has 0 saturated carbocycles. The second kappa shape index (κ2) is 6.36. The summed E-state index contributed by atoms with van der Waals surface area (Å²) in [6.45, 7) is 1.31. The number of nitrogens with zero attached hydrogens (tertiary/aromatic N) is 1. The van der Waals surface area contributed by atoms with Crippen LogP contribution < -0.4 is 0 Å². The zero-order chi connectivity index (χ0) is 16.2. The molecule has 5 nitrogen and oxygen atoms in total. The number of hydrogen-bond donors (Lipinski definition) is 1. The first-order valence-corrected chi connectivity index (χ1v) is 7.11. The number of rotatable bonds is 5. The maximum Gasteiger partial charge on any atom is 0.344 e. The molecule has 3 rings (SSSR count). The van der Waals surface area contributed by atoms with Gasteiger partial charge in [0.2, 0.25) is 6.61 Å². The topological polar surface area (TPSA) is 72.0 Å². The van der Waals surface area contributed by atoms with E-state index < -0.39 is 12.6 Å². The summed E-state index contributed by atoms with van der Waals surface area (Å²) in [6.07, 6.45) is 0. The highest BCUT2D eigenvalue weighted by Crippen LogP contribution is 2.27. The van der Waals surface area contributed by atoms with E-state index in [1.807, 2.05) is 54.6 Å². The van der Waals surface area contributed by atoms with Gasteiger partial charge in [-0.3, -0.25) is 0 Å². The lowest BCUT2D eigenvalue weighted by Crippen LogP contribution is -2.05. The Bertz CT molecular complexity index is 829. The first-order chi connectivity index (χ1) is 11.1. The van der Waals surface area contributed by atoms with Gasteiger partial charge in [-0.15, -0.1) is 0 Å². The molecule has 2 aromatic carbocycles. The molecule has 0 atom stereocenters. The summed E-state index contributed by atoms with van der Waals surface area (Å²) in [7, 11) is 0. The number of carboxylic acid groups (broad SMARTS) is 1. The summed E-state index contributed by atoms with van der Waals surface area (Å²) in [5, 5.41) is 13.4. The molecule has 23 heavy (non-hydrogen) atoms. The lowest BCUT2D eigenvalue weighted by atomic mass is 10.1. The van der Waals surface area contributed by atoms with E-state index in [4.69, 9.17) is 14.4 Å². The van der Waals surface area contributed by atoms with Crippen molar-refractivity contribution in [1.29, 1.82) is 0 Å². The zero-order valence-electron chi connectivity index (χ0n) is 12.5. The van der Waals surface area contributed by atoms with Crippen molar-refractivity contribution in [2.45, 2.75) is 6.92 Å². The van der Waals surface area contributed by atoms with Gasteiger partial charge >= 0.3 is 5.97 Å². The molecular weight excluding hydrogens is 294 g/mol. The highest BCUT2D eigenvalue weighted by Gasteiger charge is 2.06. The van der Waals surface area contributed by atoms with Gasteiger partial charge in [0.15, 0.2) is 0 Å². The molecule has 0 aliphatic carbocycles. The highest BCUT2D eigenvalue weighted by molar-refractivity contribution is 5.98. The molecule has 0 aliphatic rings. The Morgan fingerprint density at radius 3 is 2.61 bits per heavy atom. The van der Waals surface area contributed by atoms with E-state index in [2.05, 4.69) is 5.16 Å². The van der Waals surface area contributed by atoms with Gasteiger partial charge < -0.3 is 14.4 Å². The van der Waals surface area contributed by atoms with E-state index in [1.54, 1.807) is 6.92 Å². The summed E-state index contributed by atoms with van der Waals surface area (Å²) in [5.74, 6) is -0.253. The van der Waals surface area contributed by atoms with Crippen LogP contribution in [0.15, 0.2) is 64.2 Å². The van der Waals surface area contributed by atoms with Crippen LogP contribution in [0.4, 0.5) is 0 Å². The van der Waals surface area contributed by atoms with Crippen LogP contribution in [-0.2, 0) is 9.63 Å². The Kier molecular flexibility index (Phi) is 4.10. The van der Waals surface area contributed by atoms with Crippen molar-refractivity contribution in [2.75, 3.05) is 6.61 Å². The lowest BCUT2D eigenvalue weighted by Gasteiger charge is -2.02. The van der Waals surface area contributed by atoms with Crippen LogP contribution in [0.5, 0.6) is 0 Å². The predicted molar refractivity (Wildman–Crippen MR) is 87.4 cm³/mol. The molecule has 0 spiro atoms. The van der Waals surface area contributed by atoms with Gasteiger partial charge in [-0.1, -0.05) is 47.6 Å². The summed E-state index contributed by atoms with van der Waals surface area (Å²) >= 11 is 0. The van der Waals surface area contributed by atoms with Crippen LogP contribution >= 0.6 is 0 Å². The maximum absolute atomic E-state index is 10.4. The van der Waals surface area contributed by atoms with Crippen molar-refractivity contribution in [3.8, 4) is 11.3 Å². The third-order valence-electron chi connectivity index (χ3n) is 3.40. The van der Waals surface area contributed by atoms with Crippen molar-refractivity contribution in [3.05, 3.63) is 60.2 Å². The molecule has 0 saturated heterocycles. The minimum absolute atomic E-state index is 0.450. The molecular formula is C18H15NO4. The van der Waals surface area contributed by atoms with Crippen molar-refractivity contribution in [2.24, 2.45) is 5.16 Å². The van der Waals surface area contributed by atoms with Gasteiger partial charge in [-0.05, 0) is 24.6 Å². The molecule has 1 aromatic heterocycles. The Hall–Kier alpha value is -3.08. The lowest BCUT2D eigenvalue weighted by molar-refractivity contribution is -0.142. The average molecular weight is 309 g/mol. The molecule has 0 unspecified atom stereocenters. The molecule has 5 heteroatoms. The molecule has 1 heterocycles. The number of carbonyl (C=O) groups is 1. The van der Waals surface area contributed by atoms with Crippen molar-refractivity contribution < 1.29 is 19.2 Å². The van der Waals surface area contributed by atoms with Crippen LogP contribution in [0.2, 0.25) is 0 Å². The molecule has 0 amide bonds. The number of benzene rings is 2. The Balaban J connectivity index is 1.80. The maximum atomic E-state index is 10.4. The number of fused-ring (bicyclic) bond motifs is 1. The molecule has 3 aromatic rings. The molecule has 116 valence electrons. The SMILES string of the molecule is CC(=NOCC(=O)O)c1ccc(-c2cc3ccccc3o2)cc1. The Morgan fingerprint density at radius 1 is 1.17 bits per heavy atom. The summed E-state index contributed by atoms with van der Waals surface area (Å²) in [6, 6.07) is 17.5. The standard InChI is InChI=1S/C18H15NO4/c1-12(19-22-11-18(20)21)13-6-8-14(9-7-13)17-10-15-4-2-3-5-16(15)23-17/h2-10H,11H2,1H3,(H,20,21). The smallest absolute Gasteiger partial charge is 0.344 e. The predicted octanol–water partition coefficient (Wildman–Crippen LogP) is 3.93. The number of carboxylic acids is 1. The number of hydrogen-bond acceptors (Lipinski definition) is 4. The normalized spacial score (nSPS) is 11.6. The summed E-state index contributed by atoms with van der Waals surface area (Å²) in [5.41, 5.74) is 3.29. The van der Waals surface area contributed by atoms with E-state index in [1.165, 1.54) is 0 Å². The quantitative estimate of drug-likeness (QED) is 0.572. The molecule has 0 bridgehead atoms. The Labute approximate surface area is 132 Å². The Morgan fingerprint density at radius 2 is 1.91 bits per heavy atom. The van der Waals surface area contributed by atoms with Crippen LogP contribution in [0.1, 0.15) is 12.5 Å². The van der Waals surface area contributed by atoms with Crippen LogP contribution in [0.3, 0.4) is 0 Å². The number of aliphatic carboxylic acids is 1. The second-order valence-corrected chi connectivity index (χ2v) is 5.07.